The Hall–Kier alpha value is -0.710. The van der Waals surface area contributed by atoms with Crippen LogP contribution in [-0.4, -0.2) is 45.5 Å². The second kappa shape index (κ2) is 4.21. The lowest BCUT2D eigenvalue weighted by Crippen LogP contribution is -2.43. The van der Waals surface area contributed by atoms with E-state index in [1.165, 1.54) is 11.8 Å². The lowest BCUT2D eigenvalue weighted by atomic mass is 10.2. The van der Waals surface area contributed by atoms with E-state index in [9.17, 15) is 9.59 Å². The largest absolute Gasteiger partial charge is 0.480 e. The van der Waals surface area contributed by atoms with E-state index in [2.05, 4.69) is 0 Å². The van der Waals surface area contributed by atoms with Crippen LogP contribution in [0.25, 0.3) is 0 Å². The van der Waals surface area contributed by atoms with Crippen LogP contribution in [0, 0.1) is 0 Å². The van der Waals surface area contributed by atoms with Gasteiger partial charge in [0.1, 0.15) is 4.75 Å². The van der Waals surface area contributed by atoms with Crippen molar-refractivity contribution in [2.75, 3.05) is 18.8 Å². The van der Waals surface area contributed by atoms with E-state index in [0.717, 1.165) is 19.5 Å². The first-order chi connectivity index (χ1) is 6.43. The molecule has 14 heavy (non-hydrogen) atoms. The Kier molecular flexibility index (Phi) is 3.42. The van der Waals surface area contributed by atoms with Crippen molar-refractivity contribution in [3.05, 3.63) is 0 Å². The summed E-state index contributed by atoms with van der Waals surface area (Å²) < 4.78 is -0.874. The molecular weight excluding hydrogens is 202 g/mol. The molecule has 1 aliphatic heterocycles. The van der Waals surface area contributed by atoms with Crippen LogP contribution >= 0.6 is 11.8 Å². The summed E-state index contributed by atoms with van der Waals surface area (Å²) in [7, 11) is 0. The van der Waals surface area contributed by atoms with Gasteiger partial charge in [-0.2, -0.15) is 0 Å². The Bertz CT molecular complexity index is 248. The number of carboxylic acid groups (broad SMARTS) is 1. The van der Waals surface area contributed by atoms with Gasteiger partial charge in [-0.3, -0.25) is 9.59 Å². The van der Waals surface area contributed by atoms with Crippen molar-refractivity contribution >= 4 is 23.6 Å². The SMILES string of the molecule is CC(C)(SCC(=O)N1CCC1)C(=O)O. The molecule has 1 saturated heterocycles. The van der Waals surface area contributed by atoms with Gasteiger partial charge in [-0.15, -0.1) is 11.8 Å². The maximum atomic E-state index is 11.4. The first-order valence-electron chi connectivity index (χ1n) is 4.58. The van der Waals surface area contributed by atoms with Gasteiger partial charge in [0.05, 0.1) is 5.75 Å². The van der Waals surface area contributed by atoms with Crippen molar-refractivity contribution in [1.29, 1.82) is 0 Å². The molecule has 0 bridgehead atoms. The predicted molar refractivity (Wildman–Crippen MR) is 55.4 cm³/mol. The van der Waals surface area contributed by atoms with Crippen LogP contribution in [0.3, 0.4) is 0 Å². The third-order valence-corrected chi connectivity index (χ3v) is 3.57. The molecule has 0 atom stereocenters. The van der Waals surface area contributed by atoms with E-state index in [-0.39, 0.29) is 11.7 Å². The molecule has 0 aromatic heterocycles. The van der Waals surface area contributed by atoms with Crippen LogP contribution in [0.5, 0.6) is 0 Å². The zero-order valence-corrected chi connectivity index (χ0v) is 9.26. The van der Waals surface area contributed by atoms with E-state index in [0.29, 0.717) is 0 Å². The van der Waals surface area contributed by atoms with Gasteiger partial charge in [-0.05, 0) is 20.3 Å². The number of rotatable bonds is 4. The normalized spacial score (nSPS) is 16.3. The third kappa shape index (κ3) is 2.64. The number of likely N-dealkylation sites (tertiary alicyclic amines) is 1. The van der Waals surface area contributed by atoms with Crippen molar-refractivity contribution in [2.24, 2.45) is 0 Å². The molecule has 1 amide bonds. The number of nitrogens with zero attached hydrogens (tertiary/aromatic N) is 1. The molecule has 80 valence electrons. The fraction of sp³-hybridized carbons (Fsp3) is 0.778. The smallest absolute Gasteiger partial charge is 0.319 e. The van der Waals surface area contributed by atoms with Gasteiger partial charge < -0.3 is 10.0 Å². The Morgan fingerprint density at radius 1 is 1.43 bits per heavy atom. The Morgan fingerprint density at radius 2 is 2.00 bits per heavy atom. The molecule has 0 saturated carbocycles. The molecular formula is C9H15NO3S. The lowest BCUT2D eigenvalue weighted by Gasteiger charge is -2.31. The van der Waals surface area contributed by atoms with E-state index >= 15 is 0 Å². The summed E-state index contributed by atoms with van der Waals surface area (Å²) in [4.78, 5) is 23.9. The summed E-state index contributed by atoms with van der Waals surface area (Å²) in [5.74, 6) is -0.561. The van der Waals surface area contributed by atoms with Gasteiger partial charge in [0.2, 0.25) is 5.91 Å². The number of hydrogen-bond acceptors (Lipinski definition) is 3. The number of hydrogen-bond donors (Lipinski definition) is 1. The lowest BCUT2D eigenvalue weighted by molar-refractivity contribution is -0.138. The number of carbonyl (C=O) groups excluding carboxylic acids is 1. The molecule has 5 heteroatoms. The van der Waals surface area contributed by atoms with E-state index in [1.807, 2.05) is 0 Å². The van der Waals surface area contributed by atoms with Crippen molar-refractivity contribution in [1.82, 2.24) is 4.90 Å². The minimum Gasteiger partial charge on any atom is -0.480 e. The molecule has 4 nitrogen and oxygen atoms in total. The average Bonchev–Trinajstić information content (AvgIpc) is 1.97. The summed E-state index contributed by atoms with van der Waals surface area (Å²) in [6.07, 6.45) is 1.07. The Balaban J connectivity index is 2.32. The van der Waals surface area contributed by atoms with E-state index < -0.39 is 10.7 Å². The summed E-state index contributed by atoms with van der Waals surface area (Å²) >= 11 is 1.18. The Labute approximate surface area is 87.7 Å². The average molecular weight is 217 g/mol. The molecule has 0 aromatic carbocycles. The minimum atomic E-state index is -0.876. The molecule has 1 rings (SSSR count). The summed E-state index contributed by atoms with van der Waals surface area (Å²) in [5, 5.41) is 8.82. The van der Waals surface area contributed by atoms with Crippen LogP contribution in [0.15, 0.2) is 0 Å². The number of amides is 1. The number of carboxylic acids is 1. The maximum absolute atomic E-state index is 11.4. The zero-order chi connectivity index (χ0) is 10.8. The zero-order valence-electron chi connectivity index (χ0n) is 8.45. The summed E-state index contributed by atoms with van der Waals surface area (Å²) in [6, 6.07) is 0. The highest BCUT2D eigenvalue weighted by Gasteiger charge is 2.30. The molecule has 1 fully saturated rings. The first-order valence-corrected chi connectivity index (χ1v) is 5.57. The fourth-order valence-electron chi connectivity index (χ4n) is 0.961. The molecule has 1 aliphatic rings. The summed E-state index contributed by atoms with van der Waals surface area (Å²) in [5.41, 5.74) is 0. The second-order valence-electron chi connectivity index (χ2n) is 3.84. The Morgan fingerprint density at radius 3 is 2.36 bits per heavy atom. The topological polar surface area (TPSA) is 57.6 Å². The highest BCUT2D eigenvalue weighted by atomic mass is 32.2. The van der Waals surface area contributed by atoms with Crippen molar-refractivity contribution in [3.63, 3.8) is 0 Å². The van der Waals surface area contributed by atoms with Crippen molar-refractivity contribution < 1.29 is 14.7 Å². The van der Waals surface area contributed by atoms with Gasteiger partial charge >= 0.3 is 5.97 Å². The van der Waals surface area contributed by atoms with Crippen LogP contribution in [0.2, 0.25) is 0 Å². The van der Waals surface area contributed by atoms with Crippen LogP contribution < -0.4 is 0 Å². The van der Waals surface area contributed by atoms with E-state index in [4.69, 9.17) is 5.11 Å². The van der Waals surface area contributed by atoms with Gasteiger partial charge in [0.25, 0.3) is 0 Å². The van der Waals surface area contributed by atoms with Crippen molar-refractivity contribution in [3.8, 4) is 0 Å². The highest BCUT2D eigenvalue weighted by molar-refractivity contribution is 8.01. The van der Waals surface area contributed by atoms with Gasteiger partial charge in [-0.1, -0.05) is 0 Å². The second-order valence-corrected chi connectivity index (χ2v) is 5.44. The fourth-order valence-corrected chi connectivity index (χ4v) is 1.75. The number of aliphatic carboxylic acids is 1. The molecule has 1 heterocycles. The number of carbonyl (C=O) groups is 2. The van der Waals surface area contributed by atoms with Crippen LogP contribution in [-0.2, 0) is 9.59 Å². The van der Waals surface area contributed by atoms with Gasteiger partial charge in [-0.25, -0.2) is 0 Å². The van der Waals surface area contributed by atoms with Crippen LogP contribution in [0.1, 0.15) is 20.3 Å². The molecule has 0 unspecified atom stereocenters. The van der Waals surface area contributed by atoms with Crippen LogP contribution in [0.4, 0.5) is 0 Å². The standard InChI is InChI=1S/C9H15NO3S/c1-9(2,8(12)13)14-6-7(11)10-4-3-5-10/h3-6H2,1-2H3,(H,12,13). The van der Waals surface area contributed by atoms with Gasteiger partial charge in [0.15, 0.2) is 0 Å². The molecule has 0 aliphatic carbocycles. The first kappa shape index (κ1) is 11.4. The quantitative estimate of drug-likeness (QED) is 0.757. The molecule has 0 aromatic rings. The molecule has 0 spiro atoms. The maximum Gasteiger partial charge on any atom is 0.319 e. The van der Waals surface area contributed by atoms with E-state index in [1.54, 1.807) is 18.7 Å². The highest BCUT2D eigenvalue weighted by Crippen LogP contribution is 2.25. The minimum absolute atomic E-state index is 0.0515. The number of thioether (sulfide) groups is 1. The van der Waals surface area contributed by atoms with Crippen molar-refractivity contribution in [2.45, 2.75) is 25.0 Å². The monoisotopic (exact) mass is 217 g/mol. The molecule has 1 N–H and O–H groups in total. The third-order valence-electron chi connectivity index (χ3n) is 2.28. The summed E-state index contributed by atoms with van der Waals surface area (Å²) in [6.45, 7) is 4.88. The van der Waals surface area contributed by atoms with Gasteiger partial charge in [0, 0.05) is 13.1 Å². The predicted octanol–water partition coefficient (Wildman–Crippen LogP) is 0.815. The molecule has 0 radical (unpaired) electrons.